The second-order valence-corrected chi connectivity index (χ2v) is 8.67. The normalized spacial score (nSPS) is 16.5. The van der Waals surface area contributed by atoms with E-state index in [1.54, 1.807) is 0 Å². The Morgan fingerprint density at radius 2 is 1.52 bits per heavy atom. The minimum Gasteiger partial charge on any atom is -0.381 e. The number of benzene rings is 3. The Balaban J connectivity index is 1.82. The third-order valence-electron chi connectivity index (χ3n) is 6.46. The van der Waals surface area contributed by atoms with E-state index in [-0.39, 0.29) is 0 Å². The molecule has 0 heterocycles. The Bertz CT molecular complexity index is 1140. The topological polar surface area (TPSA) is 12.0 Å². The van der Waals surface area contributed by atoms with Crippen molar-refractivity contribution in [1.82, 2.24) is 0 Å². The van der Waals surface area contributed by atoms with Crippen LogP contribution < -0.4 is 5.32 Å². The number of allylic oxidation sites excluding steroid dienone is 4. The zero-order valence-electron chi connectivity index (χ0n) is 18.5. The van der Waals surface area contributed by atoms with Crippen LogP contribution in [0.2, 0.25) is 0 Å². The standard InChI is InChI=1S/C28H31N/c1-17-13-20(4)28(21(5)14-17)29-16-26-24-10-8-7-9-23(24)11-12-25(26)27-19(3)15-18(2)22(27)6/h7-15,27,29H,16H2,1-6H3. The molecule has 29 heavy (non-hydrogen) atoms. The number of hydrogen-bond donors (Lipinski definition) is 1. The predicted molar refractivity (Wildman–Crippen MR) is 127 cm³/mol. The summed E-state index contributed by atoms with van der Waals surface area (Å²) in [5.74, 6) is 0.386. The molecule has 0 saturated carbocycles. The summed E-state index contributed by atoms with van der Waals surface area (Å²) >= 11 is 0. The van der Waals surface area contributed by atoms with Crippen LogP contribution in [0.5, 0.6) is 0 Å². The Morgan fingerprint density at radius 1 is 0.828 bits per heavy atom. The molecule has 0 amide bonds. The fourth-order valence-electron chi connectivity index (χ4n) is 5.04. The summed E-state index contributed by atoms with van der Waals surface area (Å²) in [6.45, 7) is 14.2. The van der Waals surface area contributed by atoms with Gasteiger partial charge in [-0.1, -0.05) is 76.9 Å². The summed E-state index contributed by atoms with van der Waals surface area (Å²) in [5, 5.41) is 6.45. The summed E-state index contributed by atoms with van der Waals surface area (Å²) < 4.78 is 0. The highest BCUT2D eigenvalue weighted by Crippen LogP contribution is 2.42. The summed E-state index contributed by atoms with van der Waals surface area (Å²) in [4.78, 5) is 0. The molecule has 0 aromatic heterocycles. The van der Waals surface area contributed by atoms with E-state index in [0.717, 1.165) is 6.54 Å². The molecule has 1 N–H and O–H groups in total. The van der Waals surface area contributed by atoms with E-state index in [2.05, 4.69) is 101 Å². The van der Waals surface area contributed by atoms with Gasteiger partial charge in [0.25, 0.3) is 0 Å². The summed E-state index contributed by atoms with van der Waals surface area (Å²) in [6, 6.07) is 17.9. The third-order valence-corrected chi connectivity index (χ3v) is 6.46. The second-order valence-electron chi connectivity index (χ2n) is 8.67. The molecule has 3 aromatic carbocycles. The lowest BCUT2D eigenvalue weighted by molar-refractivity contribution is 0.915. The van der Waals surface area contributed by atoms with E-state index >= 15 is 0 Å². The molecule has 0 saturated heterocycles. The van der Waals surface area contributed by atoms with E-state index in [1.165, 1.54) is 61.0 Å². The molecule has 0 fully saturated rings. The molecule has 4 rings (SSSR count). The zero-order valence-corrected chi connectivity index (χ0v) is 18.5. The maximum absolute atomic E-state index is 3.79. The summed E-state index contributed by atoms with van der Waals surface area (Å²) in [6.07, 6.45) is 2.35. The number of anilines is 1. The fraction of sp³-hybridized carbons (Fsp3) is 0.286. The first-order valence-electron chi connectivity index (χ1n) is 10.5. The Labute approximate surface area is 175 Å². The van der Waals surface area contributed by atoms with E-state index < -0.39 is 0 Å². The minimum absolute atomic E-state index is 0.386. The first-order chi connectivity index (χ1) is 13.9. The quantitative estimate of drug-likeness (QED) is 0.487. The van der Waals surface area contributed by atoms with Gasteiger partial charge < -0.3 is 5.32 Å². The maximum atomic E-state index is 3.79. The van der Waals surface area contributed by atoms with Crippen LogP contribution in [0.4, 0.5) is 5.69 Å². The molecule has 3 aromatic rings. The van der Waals surface area contributed by atoms with E-state index in [4.69, 9.17) is 0 Å². The van der Waals surface area contributed by atoms with Gasteiger partial charge in [0.1, 0.15) is 0 Å². The van der Waals surface area contributed by atoms with Crippen molar-refractivity contribution in [2.45, 2.75) is 54.0 Å². The number of aryl methyl sites for hydroxylation is 3. The first-order valence-corrected chi connectivity index (χ1v) is 10.5. The number of fused-ring (bicyclic) bond motifs is 1. The van der Waals surface area contributed by atoms with Gasteiger partial charge in [-0.3, -0.25) is 0 Å². The van der Waals surface area contributed by atoms with Crippen molar-refractivity contribution in [2.24, 2.45) is 0 Å². The van der Waals surface area contributed by atoms with E-state index in [9.17, 15) is 0 Å². The van der Waals surface area contributed by atoms with Gasteiger partial charge in [-0.15, -0.1) is 0 Å². The van der Waals surface area contributed by atoms with Crippen LogP contribution >= 0.6 is 0 Å². The van der Waals surface area contributed by atoms with Crippen molar-refractivity contribution in [1.29, 1.82) is 0 Å². The molecule has 1 atom stereocenters. The van der Waals surface area contributed by atoms with Crippen LogP contribution in [0, 0.1) is 20.8 Å². The minimum atomic E-state index is 0.386. The molecular weight excluding hydrogens is 350 g/mol. The van der Waals surface area contributed by atoms with Crippen LogP contribution in [-0.4, -0.2) is 0 Å². The van der Waals surface area contributed by atoms with E-state index in [0.29, 0.717) is 5.92 Å². The lowest BCUT2D eigenvalue weighted by atomic mass is 9.84. The second kappa shape index (κ2) is 7.55. The molecule has 0 aliphatic heterocycles. The summed E-state index contributed by atoms with van der Waals surface area (Å²) in [7, 11) is 0. The molecule has 0 bridgehead atoms. The largest absolute Gasteiger partial charge is 0.381 e. The van der Waals surface area contributed by atoms with Gasteiger partial charge in [-0.2, -0.15) is 0 Å². The predicted octanol–water partition coefficient (Wildman–Crippen LogP) is 7.76. The molecule has 0 radical (unpaired) electrons. The third kappa shape index (κ3) is 3.51. The average molecular weight is 382 g/mol. The lowest BCUT2D eigenvalue weighted by Gasteiger charge is -2.23. The van der Waals surface area contributed by atoms with Crippen LogP contribution in [0.15, 0.2) is 71.3 Å². The Hall–Kier alpha value is -2.80. The molecule has 1 unspecified atom stereocenters. The van der Waals surface area contributed by atoms with Crippen molar-refractivity contribution in [2.75, 3.05) is 5.32 Å². The van der Waals surface area contributed by atoms with Gasteiger partial charge in [-0.05, 0) is 74.6 Å². The maximum Gasteiger partial charge on any atom is 0.0410 e. The average Bonchev–Trinajstić information content (AvgIpc) is 2.92. The van der Waals surface area contributed by atoms with Crippen LogP contribution in [-0.2, 0) is 6.54 Å². The van der Waals surface area contributed by atoms with Gasteiger partial charge in [0.15, 0.2) is 0 Å². The van der Waals surface area contributed by atoms with Crippen molar-refractivity contribution in [3.63, 3.8) is 0 Å². The smallest absolute Gasteiger partial charge is 0.0410 e. The highest BCUT2D eigenvalue weighted by Gasteiger charge is 2.25. The van der Waals surface area contributed by atoms with Gasteiger partial charge in [0, 0.05) is 18.2 Å². The molecule has 0 spiro atoms. The Morgan fingerprint density at radius 3 is 2.17 bits per heavy atom. The highest BCUT2D eigenvalue weighted by atomic mass is 14.9. The van der Waals surface area contributed by atoms with Crippen molar-refractivity contribution in [3.05, 3.63) is 99.1 Å². The van der Waals surface area contributed by atoms with Gasteiger partial charge in [0.05, 0.1) is 0 Å². The Kier molecular flexibility index (Phi) is 5.08. The molecule has 1 heteroatoms. The molecule has 1 aliphatic carbocycles. The molecular formula is C28H31N. The van der Waals surface area contributed by atoms with Crippen molar-refractivity contribution >= 4 is 16.5 Å². The van der Waals surface area contributed by atoms with Crippen LogP contribution in [0.1, 0.15) is 54.5 Å². The molecule has 1 nitrogen and oxygen atoms in total. The fourth-order valence-corrected chi connectivity index (χ4v) is 5.04. The van der Waals surface area contributed by atoms with Gasteiger partial charge in [0.2, 0.25) is 0 Å². The van der Waals surface area contributed by atoms with Gasteiger partial charge in [-0.25, -0.2) is 0 Å². The molecule has 1 aliphatic rings. The zero-order chi connectivity index (χ0) is 20.7. The summed E-state index contributed by atoms with van der Waals surface area (Å²) in [5.41, 5.74) is 12.4. The van der Waals surface area contributed by atoms with Gasteiger partial charge >= 0.3 is 0 Å². The number of rotatable bonds is 4. The highest BCUT2D eigenvalue weighted by molar-refractivity contribution is 5.87. The van der Waals surface area contributed by atoms with Crippen molar-refractivity contribution in [3.8, 4) is 0 Å². The van der Waals surface area contributed by atoms with Crippen molar-refractivity contribution < 1.29 is 0 Å². The number of nitrogens with one attached hydrogen (secondary N) is 1. The SMILES string of the molecule is CC1=CC(C)=C(C)C1c1ccc2ccccc2c1CNc1c(C)cc(C)cc1C. The number of hydrogen-bond acceptors (Lipinski definition) is 1. The molecule has 148 valence electrons. The monoisotopic (exact) mass is 381 g/mol. The van der Waals surface area contributed by atoms with Crippen LogP contribution in [0.25, 0.3) is 10.8 Å². The van der Waals surface area contributed by atoms with Crippen LogP contribution in [0.3, 0.4) is 0 Å². The van der Waals surface area contributed by atoms with E-state index in [1.807, 2.05) is 0 Å². The lowest BCUT2D eigenvalue weighted by Crippen LogP contribution is -2.10. The first kappa shape index (κ1) is 19.5.